The minimum Gasteiger partial charge on any atom is -0.333 e. The van der Waals surface area contributed by atoms with Gasteiger partial charge in [-0.25, -0.2) is 9.37 Å². The Morgan fingerprint density at radius 3 is 2.57 bits per heavy atom. The molecule has 1 aromatic heterocycles. The lowest BCUT2D eigenvalue weighted by molar-refractivity contribution is 0.0645. The molecule has 28 heavy (non-hydrogen) atoms. The highest BCUT2D eigenvalue weighted by Crippen LogP contribution is 2.24. The van der Waals surface area contributed by atoms with Crippen molar-refractivity contribution in [3.8, 4) is 0 Å². The van der Waals surface area contributed by atoms with E-state index >= 15 is 0 Å². The summed E-state index contributed by atoms with van der Waals surface area (Å²) in [4.78, 5) is 34.3. The normalized spacial score (nSPS) is 17.3. The van der Waals surface area contributed by atoms with Gasteiger partial charge in [0.05, 0.1) is 11.4 Å². The molecule has 2 aromatic rings. The molecule has 1 aromatic carbocycles. The molecule has 0 atom stereocenters. The van der Waals surface area contributed by atoms with E-state index in [9.17, 15) is 14.0 Å². The van der Waals surface area contributed by atoms with Crippen molar-refractivity contribution in [1.29, 1.82) is 0 Å². The Kier molecular flexibility index (Phi) is 5.13. The molecule has 8 heteroatoms. The minimum atomic E-state index is -0.502. The number of benzene rings is 1. The highest BCUT2D eigenvalue weighted by Gasteiger charge is 2.31. The molecular weight excluding hydrogens is 361 g/mol. The van der Waals surface area contributed by atoms with Crippen molar-refractivity contribution in [1.82, 2.24) is 19.4 Å². The van der Waals surface area contributed by atoms with Crippen LogP contribution in [0.5, 0.6) is 0 Å². The van der Waals surface area contributed by atoms with Gasteiger partial charge in [0, 0.05) is 32.7 Å². The van der Waals surface area contributed by atoms with Gasteiger partial charge in [0.1, 0.15) is 5.82 Å². The number of fused-ring (bicyclic) bond motifs is 1. The Bertz CT molecular complexity index is 902. The van der Waals surface area contributed by atoms with Crippen LogP contribution in [0.3, 0.4) is 0 Å². The van der Waals surface area contributed by atoms with Crippen molar-refractivity contribution in [3.63, 3.8) is 0 Å². The van der Waals surface area contributed by atoms with Gasteiger partial charge in [0.15, 0.2) is 11.5 Å². The number of carbonyl (C=O) groups excluding carboxylic acids is 2. The molecular formula is C20H24FN5O2. The second-order valence-corrected chi connectivity index (χ2v) is 7.37. The Hall–Kier alpha value is -2.74. The van der Waals surface area contributed by atoms with Gasteiger partial charge in [-0.3, -0.25) is 9.59 Å². The van der Waals surface area contributed by atoms with Crippen molar-refractivity contribution in [3.05, 3.63) is 47.3 Å². The van der Waals surface area contributed by atoms with Gasteiger partial charge in [-0.05, 0) is 38.4 Å². The molecule has 0 saturated carbocycles. The zero-order valence-corrected chi connectivity index (χ0v) is 15.9. The lowest BCUT2D eigenvalue weighted by atomic mass is 10.1. The number of amides is 2. The quantitative estimate of drug-likeness (QED) is 0.877. The van der Waals surface area contributed by atoms with Crippen LogP contribution in [0.2, 0.25) is 0 Å². The van der Waals surface area contributed by atoms with Crippen molar-refractivity contribution in [2.75, 3.05) is 38.5 Å². The Morgan fingerprint density at radius 2 is 1.82 bits per heavy atom. The second kappa shape index (κ2) is 7.71. The summed E-state index contributed by atoms with van der Waals surface area (Å²) in [6, 6.07) is 6.02. The smallest absolute Gasteiger partial charge is 0.289 e. The Morgan fingerprint density at radius 1 is 1.07 bits per heavy atom. The summed E-state index contributed by atoms with van der Waals surface area (Å²) in [5, 5.41) is 2.59. The summed E-state index contributed by atoms with van der Waals surface area (Å²) in [6.07, 6.45) is 2.57. The lowest BCUT2D eigenvalue weighted by Gasteiger charge is -2.32. The van der Waals surface area contributed by atoms with Crippen LogP contribution in [0.1, 0.15) is 39.6 Å². The van der Waals surface area contributed by atoms with Crippen molar-refractivity contribution in [2.24, 2.45) is 0 Å². The summed E-state index contributed by atoms with van der Waals surface area (Å²) in [5.41, 5.74) is 1.09. The molecule has 2 amide bonds. The van der Waals surface area contributed by atoms with Crippen molar-refractivity contribution < 1.29 is 14.0 Å². The van der Waals surface area contributed by atoms with Crippen LogP contribution >= 0.6 is 0 Å². The van der Waals surface area contributed by atoms with Crippen LogP contribution in [0.15, 0.2) is 24.3 Å². The van der Waals surface area contributed by atoms with E-state index < -0.39 is 11.7 Å². The van der Waals surface area contributed by atoms with Gasteiger partial charge in [-0.1, -0.05) is 12.1 Å². The number of halogens is 1. The van der Waals surface area contributed by atoms with E-state index in [0.717, 1.165) is 31.6 Å². The third kappa shape index (κ3) is 3.52. The predicted molar refractivity (Wildman–Crippen MR) is 103 cm³/mol. The van der Waals surface area contributed by atoms with E-state index in [2.05, 4.69) is 15.2 Å². The van der Waals surface area contributed by atoms with Gasteiger partial charge in [-0.2, -0.15) is 0 Å². The summed E-state index contributed by atoms with van der Waals surface area (Å²) >= 11 is 0. The fraction of sp³-hybridized carbons (Fsp3) is 0.450. The molecule has 0 spiro atoms. The molecule has 7 nitrogen and oxygen atoms in total. The Labute approximate surface area is 163 Å². The van der Waals surface area contributed by atoms with Gasteiger partial charge >= 0.3 is 0 Å². The van der Waals surface area contributed by atoms with Crippen LogP contribution in [-0.4, -0.2) is 64.4 Å². The second-order valence-electron chi connectivity index (χ2n) is 7.37. The average Bonchev–Trinajstić information content (AvgIpc) is 3.10. The number of nitrogens with zero attached hydrogens (tertiary/aromatic N) is 4. The van der Waals surface area contributed by atoms with Crippen LogP contribution < -0.4 is 5.32 Å². The number of likely N-dealkylation sites (N-methyl/N-ethyl adjacent to an activating group) is 1. The Balaban J connectivity index is 1.62. The number of aromatic nitrogens is 2. The molecule has 2 aliphatic heterocycles. The van der Waals surface area contributed by atoms with E-state index in [4.69, 9.17) is 0 Å². The van der Waals surface area contributed by atoms with Crippen molar-refractivity contribution in [2.45, 2.75) is 25.8 Å². The largest absolute Gasteiger partial charge is 0.333 e. The molecule has 0 unspecified atom stereocenters. The molecule has 3 heterocycles. The van der Waals surface area contributed by atoms with Gasteiger partial charge in [-0.15, -0.1) is 0 Å². The van der Waals surface area contributed by atoms with E-state index in [0.29, 0.717) is 31.9 Å². The number of rotatable bonds is 3. The first kappa shape index (κ1) is 18.6. The maximum Gasteiger partial charge on any atom is 0.289 e. The molecule has 148 valence electrons. The third-order valence-corrected chi connectivity index (χ3v) is 5.44. The van der Waals surface area contributed by atoms with Gasteiger partial charge in [0.2, 0.25) is 0 Å². The molecule has 1 fully saturated rings. The SMILES string of the molecule is CN1CCN(C(=O)c2nc(C(=O)Nc3ccccc3F)c3n2CCCC3)CC1. The van der Waals surface area contributed by atoms with Gasteiger partial charge in [0.25, 0.3) is 11.8 Å². The lowest BCUT2D eigenvalue weighted by Crippen LogP contribution is -2.47. The number of para-hydroxylation sites is 1. The van der Waals surface area contributed by atoms with Crippen molar-refractivity contribution >= 4 is 17.5 Å². The van der Waals surface area contributed by atoms with Crippen LogP contribution in [0, 0.1) is 5.82 Å². The summed E-state index contributed by atoms with van der Waals surface area (Å²) in [5.74, 6) is -0.801. The van der Waals surface area contributed by atoms with Crippen LogP contribution in [0.4, 0.5) is 10.1 Å². The number of piperazine rings is 1. The number of carbonyl (C=O) groups is 2. The summed E-state index contributed by atoms with van der Waals surface area (Å²) < 4.78 is 15.8. The van der Waals surface area contributed by atoms with E-state index in [1.807, 2.05) is 11.6 Å². The zero-order valence-electron chi connectivity index (χ0n) is 15.9. The third-order valence-electron chi connectivity index (χ3n) is 5.44. The number of nitrogens with one attached hydrogen (secondary N) is 1. The average molecular weight is 385 g/mol. The predicted octanol–water partition coefficient (Wildman–Crippen LogP) is 2.00. The highest BCUT2D eigenvalue weighted by atomic mass is 19.1. The topological polar surface area (TPSA) is 70.5 Å². The first-order valence-corrected chi connectivity index (χ1v) is 9.67. The highest BCUT2D eigenvalue weighted by molar-refractivity contribution is 6.05. The molecule has 0 bridgehead atoms. The fourth-order valence-electron chi connectivity index (χ4n) is 3.78. The molecule has 1 saturated heterocycles. The van der Waals surface area contributed by atoms with Crippen LogP contribution in [-0.2, 0) is 13.0 Å². The number of imidazole rings is 1. The standard InChI is InChI=1S/C20H24FN5O2/c1-24-10-12-25(13-11-24)20(28)18-23-17(16-8-4-5-9-26(16)18)19(27)22-15-7-3-2-6-14(15)21/h2-3,6-7H,4-5,8-13H2,1H3,(H,22,27). The molecule has 2 aliphatic rings. The van der Waals surface area contributed by atoms with E-state index in [-0.39, 0.29) is 17.3 Å². The first-order chi connectivity index (χ1) is 13.5. The molecule has 4 rings (SSSR count). The first-order valence-electron chi connectivity index (χ1n) is 9.67. The maximum atomic E-state index is 13.9. The monoisotopic (exact) mass is 385 g/mol. The maximum absolute atomic E-state index is 13.9. The minimum absolute atomic E-state index is 0.108. The van der Waals surface area contributed by atoms with Crippen LogP contribution in [0.25, 0.3) is 0 Å². The number of hydrogen-bond donors (Lipinski definition) is 1. The fourth-order valence-corrected chi connectivity index (χ4v) is 3.78. The van der Waals surface area contributed by atoms with E-state index in [1.54, 1.807) is 17.0 Å². The summed E-state index contributed by atoms with van der Waals surface area (Å²) in [6.45, 7) is 3.60. The number of anilines is 1. The zero-order chi connectivity index (χ0) is 19.7. The summed E-state index contributed by atoms with van der Waals surface area (Å²) in [7, 11) is 2.03. The molecule has 1 N–H and O–H groups in total. The molecule has 0 radical (unpaired) electrons. The van der Waals surface area contributed by atoms with Gasteiger partial charge < -0.3 is 19.7 Å². The number of hydrogen-bond acceptors (Lipinski definition) is 4. The molecule has 0 aliphatic carbocycles. The van der Waals surface area contributed by atoms with E-state index in [1.165, 1.54) is 12.1 Å².